The molecule has 0 saturated carbocycles. The van der Waals surface area contributed by atoms with Gasteiger partial charge in [0.05, 0.1) is 19.8 Å². The molecule has 184 valence electrons. The molecule has 3 aliphatic heterocycles. The molecule has 10 nitrogen and oxygen atoms in total. The number of guanidine groups is 1. The molecular formula is C22H37IN8O2. The van der Waals surface area contributed by atoms with Gasteiger partial charge in [-0.05, 0) is 19.4 Å². The molecule has 0 bridgehead atoms. The molecule has 0 spiro atoms. The number of rotatable bonds is 6. The molecule has 1 unspecified atom stereocenters. The quantitative estimate of drug-likeness (QED) is 0.300. The van der Waals surface area contributed by atoms with Crippen molar-refractivity contribution in [2.24, 2.45) is 4.99 Å². The molecule has 11 heteroatoms. The Morgan fingerprint density at radius 3 is 2.52 bits per heavy atom. The van der Waals surface area contributed by atoms with Crippen LogP contribution >= 0.6 is 24.0 Å². The number of likely N-dealkylation sites (tertiary alicyclic amines) is 1. The lowest BCUT2D eigenvalue weighted by Gasteiger charge is -2.34. The highest BCUT2D eigenvalue weighted by molar-refractivity contribution is 14.0. The van der Waals surface area contributed by atoms with Crippen LogP contribution in [0.2, 0.25) is 0 Å². The highest BCUT2D eigenvalue weighted by Gasteiger charge is 2.30. The number of aliphatic imine (C=N–C) groups is 1. The van der Waals surface area contributed by atoms with Gasteiger partial charge in [0, 0.05) is 83.8 Å². The van der Waals surface area contributed by atoms with Crippen molar-refractivity contribution in [3.05, 3.63) is 18.5 Å². The molecule has 1 aromatic heterocycles. The summed E-state index contributed by atoms with van der Waals surface area (Å²) in [5, 5.41) is 3.41. The van der Waals surface area contributed by atoms with Crippen molar-refractivity contribution in [1.29, 1.82) is 0 Å². The van der Waals surface area contributed by atoms with E-state index in [1.165, 1.54) is 0 Å². The number of nitrogens with one attached hydrogen (secondary N) is 1. The van der Waals surface area contributed by atoms with E-state index in [-0.39, 0.29) is 29.9 Å². The summed E-state index contributed by atoms with van der Waals surface area (Å²) in [6.45, 7) is 12.1. The Morgan fingerprint density at radius 2 is 1.82 bits per heavy atom. The van der Waals surface area contributed by atoms with Crippen molar-refractivity contribution in [1.82, 2.24) is 30.0 Å². The van der Waals surface area contributed by atoms with Crippen LogP contribution in [0.15, 0.2) is 23.5 Å². The number of morpholine rings is 1. The van der Waals surface area contributed by atoms with Crippen molar-refractivity contribution in [2.75, 3.05) is 83.6 Å². The van der Waals surface area contributed by atoms with Crippen LogP contribution < -0.4 is 10.2 Å². The molecule has 1 amide bonds. The first-order valence-electron chi connectivity index (χ1n) is 11.9. The Bertz CT molecular complexity index is 754. The lowest BCUT2D eigenvalue weighted by molar-refractivity contribution is -0.131. The third kappa shape index (κ3) is 7.12. The Morgan fingerprint density at radius 1 is 1.09 bits per heavy atom. The van der Waals surface area contributed by atoms with Gasteiger partial charge >= 0.3 is 0 Å². The van der Waals surface area contributed by atoms with E-state index in [1.807, 2.05) is 11.0 Å². The first kappa shape index (κ1) is 25.9. The number of amides is 1. The minimum absolute atomic E-state index is 0. The molecule has 1 N–H and O–H groups in total. The number of hydrogen-bond acceptors (Lipinski definition) is 7. The van der Waals surface area contributed by atoms with Gasteiger partial charge in [-0.2, -0.15) is 0 Å². The van der Waals surface area contributed by atoms with Crippen LogP contribution in [0.4, 0.5) is 5.95 Å². The van der Waals surface area contributed by atoms with E-state index in [2.05, 4.69) is 36.9 Å². The molecule has 4 heterocycles. The first-order valence-corrected chi connectivity index (χ1v) is 11.9. The van der Waals surface area contributed by atoms with Gasteiger partial charge in [0.25, 0.3) is 0 Å². The number of aromatic nitrogens is 2. The lowest BCUT2D eigenvalue weighted by atomic mass is 10.2. The van der Waals surface area contributed by atoms with Crippen LogP contribution in [0.25, 0.3) is 0 Å². The summed E-state index contributed by atoms with van der Waals surface area (Å²) in [4.78, 5) is 35.0. The zero-order chi connectivity index (χ0) is 22.2. The fourth-order valence-corrected chi connectivity index (χ4v) is 4.63. The predicted molar refractivity (Wildman–Crippen MR) is 139 cm³/mol. The second-order valence-corrected chi connectivity index (χ2v) is 8.44. The van der Waals surface area contributed by atoms with E-state index in [9.17, 15) is 4.79 Å². The number of halogens is 1. The molecular weight excluding hydrogens is 535 g/mol. The van der Waals surface area contributed by atoms with E-state index in [0.29, 0.717) is 32.1 Å². The Hall–Kier alpha value is -1.73. The average Bonchev–Trinajstić information content (AvgIpc) is 3.35. The van der Waals surface area contributed by atoms with Gasteiger partial charge in [-0.25, -0.2) is 9.97 Å². The Balaban J connectivity index is 0.00000306. The Kier molecular flexibility index (Phi) is 10.4. The van der Waals surface area contributed by atoms with Crippen molar-refractivity contribution >= 4 is 41.8 Å². The zero-order valence-electron chi connectivity index (χ0n) is 19.6. The molecule has 3 aliphatic rings. The van der Waals surface area contributed by atoms with E-state index in [1.54, 1.807) is 12.4 Å². The first-order chi connectivity index (χ1) is 15.7. The van der Waals surface area contributed by atoms with Gasteiger partial charge in [-0.15, -0.1) is 24.0 Å². The van der Waals surface area contributed by atoms with Crippen LogP contribution in [-0.2, 0) is 9.53 Å². The van der Waals surface area contributed by atoms with Crippen LogP contribution in [0.3, 0.4) is 0 Å². The van der Waals surface area contributed by atoms with Crippen LogP contribution in [0, 0.1) is 0 Å². The molecule has 3 saturated heterocycles. The third-order valence-electron chi connectivity index (χ3n) is 6.41. The van der Waals surface area contributed by atoms with E-state index >= 15 is 0 Å². The summed E-state index contributed by atoms with van der Waals surface area (Å²) in [5.41, 5.74) is 0. The molecule has 1 atom stereocenters. The number of piperazine rings is 1. The van der Waals surface area contributed by atoms with E-state index in [0.717, 1.165) is 77.4 Å². The lowest BCUT2D eigenvalue weighted by Crippen LogP contribution is -2.49. The molecule has 33 heavy (non-hydrogen) atoms. The molecule has 3 fully saturated rings. The van der Waals surface area contributed by atoms with Crippen molar-refractivity contribution in [3.63, 3.8) is 0 Å². The zero-order valence-corrected chi connectivity index (χ0v) is 21.9. The van der Waals surface area contributed by atoms with E-state index in [4.69, 9.17) is 9.73 Å². The minimum atomic E-state index is 0. The van der Waals surface area contributed by atoms with Crippen molar-refractivity contribution in [3.8, 4) is 0 Å². The largest absolute Gasteiger partial charge is 0.379 e. The number of hydrogen-bond donors (Lipinski definition) is 1. The van der Waals surface area contributed by atoms with Gasteiger partial charge in [-0.3, -0.25) is 14.7 Å². The van der Waals surface area contributed by atoms with Gasteiger partial charge in [0.15, 0.2) is 5.96 Å². The SMILES string of the molecule is CCNC(=NCCC(=O)N1CCN(c2ncccn2)CC1)N1CCC(N2CCOCC2)C1.I. The number of carbonyl (C=O) groups excluding carboxylic acids is 1. The Labute approximate surface area is 213 Å². The van der Waals surface area contributed by atoms with Gasteiger partial charge < -0.3 is 24.8 Å². The maximum Gasteiger partial charge on any atom is 0.225 e. The monoisotopic (exact) mass is 572 g/mol. The maximum absolute atomic E-state index is 12.7. The highest BCUT2D eigenvalue weighted by Crippen LogP contribution is 2.17. The fourth-order valence-electron chi connectivity index (χ4n) is 4.63. The predicted octanol–water partition coefficient (Wildman–Crippen LogP) is 0.505. The van der Waals surface area contributed by atoms with Gasteiger partial charge in [-0.1, -0.05) is 0 Å². The van der Waals surface area contributed by atoms with Gasteiger partial charge in [0.2, 0.25) is 11.9 Å². The summed E-state index contributed by atoms with van der Waals surface area (Å²) in [6, 6.07) is 2.38. The number of carbonyl (C=O) groups is 1. The molecule has 0 aromatic carbocycles. The molecule has 0 radical (unpaired) electrons. The van der Waals surface area contributed by atoms with Crippen molar-refractivity contribution in [2.45, 2.75) is 25.8 Å². The topological polar surface area (TPSA) is 89.4 Å². The van der Waals surface area contributed by atoms with Crippen LogP contribution in [-0.4, -0.2) is 121 Å². The van der Waals surface area contributed by atoms with Crippen LogP contribution in [0.1, 0.15) is 19.8 Å². The summed E-state index contributed by atoms with van der Waals surface area (Å²) in [5.74, 6) is 1.84. The summed E-state index contributed by atoms with van der Waals surface area (Å²) in [7, 11) is 0. The summed E-state index contributed by atoms with van der Waals surface area (Å²) in [6.07, 6.45) is 5.10. The number of ether oxygens (including phenoxy) is 1. The maximum atomic E-state index is 12.7. The number of anilines is 1. The van der Waals surface area contributed by atoms with Crippen LogP contribution in [0.5, 0.6) is 0 Å². The fraction of sp³-hybridized carbons (Fsp3) is 0.727. The molecule has 1 aromatic rings. The summed E-state index contributed by atoms with van der Waals surface area (Å²) < 4.78 is 5.49. The minimum Gasteiger partial charge on any atom is -0.379 e. The molecule has 0 aliphatic carbocycles. The number of nitrogens with zero attached hydrogens (tertiary/aromatic N) is 7. The average molecular weight is 572 g/mol. The smallest absolute Gasteiger partial charge is 0.225 e. The normalized spacial score (nSPS) is 22.3. The second-order valence-electron chi connectivity index (χ2n) is 8.44. The highest BCUT2D eigenvalue weighted by atomic mass is 127. The molecule has 4 rings (SSSR count). The summed E-state index contributed by atoms with van der Waals surface area (Å²) >= 11 is 0. The standard InChI is InChI=1S/C22H36N8O2.HI/c1-2-23-21(30-9-5-19(18-30)27-14-16-32-17-15-27)26-8-4-20(31)28-10-12-29(13-11-28)22-24-6-3-7-25-22;/h3,6-7,19H,2,4-5,8-18H2,1H3,(H,23,26);1H. The second kappa shape index (κ2) is 13.2. The van der Waals surface area contributed by atoms with Crippen molar-refractivity contribution < 1.29 is 9.53 Å². The third-order valence-corrected chi connectivity index (χ3v) is 6.41. The van der Waals surface area contributed by atoms with Gasteiger partial charge in [0.1, 0.15) is 0 Å². The van der Waals surface area contributed by atoms with E-state index < -0.39 is 0 Å².